The largest absolute Gasteiger partial charge is 0.481 e. The van der Waals surface area contributed by atoms with Crippen LogP contribution in [0.2, 0.25) is 0 Å². The van der Waals surface area contributed by atoms with Crippen LogP contribution in [0.1, 0.15) is 35.5 Å². The lowest BCUT2D eigenvalue weighted by atomic mass is 9.99. The molecule has 2 aromatic heterocycles. The monoisotopic (exact) mass is 350 g/mol. The van der Waals surface area contributed by atoms with Gasteiger partial charge in [-0.3, -0.25) is 0 Å². The summed E-state index contributed by atoms with van der Waals surface area (Å²) in [4.78, 5) is 20.2. The van der Waals surface area contributed by atoms with Crippen molar-refractivity contribution in [1.29, 1.82) is 0 Å². The van der Waals surface area contributed by atoms with Crippen molar-refractivity contribution >= 4 is 16.9 Å². The van der Waals surface area contributed by atoms with Crippen LogP contribution < -0.4 is 4.74 Å². The highest BCUT2D eigenvalue weighted by Crippen LogP contribution is 2.40. The first-order chi connectivity index (χ1) is 12.6. The minimum atomic E-state index is -0.363. The number of esters is 1. The molecule has 0 saturated heterocycles. The predicted molar refractivity (Wildman–Crippen MR) is 101 cm³/mol. The summed E-state index contributed by atoms with van der Waals surface area (Å²) in [5.41, 5.74) is 5.68. The Labute approximate surface area is 152 Å². The van der Waals surface area contributed by atoms with Crippen LogP contribution in [0.25, 0.3) is 22.0 Å². The van der Waals surface area contributed by atoms with Crippen molar-refractivity contribution in [2.75, 3.05) is 13.7 Å². The van der Waals surface area contributed by atoms with E-state index in [-0.39, 0.29) is 5.97 Å². The van der Waals surface area contributed by atoms with Gasteiger partial charge in [-0.15, -0.1) is 0 Å². The minimum absolute atomic E-state index is 0.325. The molecule has 1 aliphatic carbocycles. The van der Waals surface area contributed by atoms with Crippen LogP contribution in [-0.4, -0.2) is 29.7 Å². The molecule has 0 radical (unpaired) electrons. The number of hydrogen-bond acceptors (Lipinski definition) is 4. The van der Waals surface area contributed by atoms with E-state index in [0.29, 0.717) is 24.1 Å². The summed E-state index contributed by atoms with van der Waals surface area (Å²) in [6.45, 7) is 4.40. The molecule has 5 heteroatoms. The number of ether oxygens (including phenoxy) is 2. The second-order valence-electron chi connectivity index (χ2n) is 6.84. The Morgan fingerprint density at radius 1 is 1.31 bits per heavy atom. The number of nitrogens with one attached hydrogen (secondary N) is 1. The molecule has 0 bridgehead atoms. The SMILES string of the molecule is CCOC(=O)c1[nH]c2cc3c(cc2c1-c1cccnc1OC)CC(C)C3. The van der Waals surface area contributed by atoms with Crippen molar-refractivity contribution in [3.8, 4) is 17.0 Å². The normalized spacial score (nSPS) is 15.9. The summed E-state index contributed by atoms with van der Waals surface area (Å²) < 4.78 is 10.7. The Bertz CT molecular complexity index is 990. The lowest BCUT2D eigenvalue weighted by Crippen LogP contribution is -2.07. The number of methoxy groups -OCH3 is 1. The summed E-state index contributed by atoms with van der Waals surface area (Å²) in [5.74, 6) is 0.781. The van der Waals surface area contributed by atoms with Gasteiger partial charge in [0.05, 0.1) is 13.7 Å². The number of aromatic amines is 1. The van der Waals surface area contributed by atoms with Gasteiger partial charge in [-0.25, -0.2) is 9.78 Å². The molecule has 0 spiro atoms. The Morgan fingerprint density at radius 2 is 2.08 bits per heavy atom. The molecule has 26 heavy (non-hydrogen) atoms. The molecule has 0 saturated carbocycles. The zero-order chi connectivity index (χ0) is 18.3. The van der Waals surface area contributed by atoms with Crippen LogP contribution in [0.5, 0.6) is 5.88 Å². The van der Waals surface area contributed by atoms with E-state index in [4.69, 9.17) is 9.47 Å². The van der Waals surface area contributed by atoms with E-state index in [1.807, 2.05) is 12.1 Å². The van der Waals surface area contributed by atoms with Crippen molar-refractivity contribution in [3.63, 3.8) is 0 Å². The average molecular weight is 350 g/mol. The Balaban J connectivity index is 2.00. The highest BCUT2D eigenvalue weighted by atomic mass is 16.5. The lowest BCUT2D eigenvalue weighted by Gasteiger charge is -2.09. The van der Waals surface area contributed by atoms with E-state index in [9.17, 15) is 4.79 Å². The fourth-order valence-corrected chi connectivity index (χ4v) is 3.91. The van der Waals surface area contributed by atoms with Gasteiger partial charge >= 0.3 is 5.97 Å². The third kappa shape index (κ3) is 2.64. The minimum Gasteiger partial charge on any atom is -0.481 e. The van der Waals surface area contributed by atoms with Gasteiger partial charge in [0.25, 0.3) is 0 Å². The fraction of sp³-hybridized carbons (Fsp3) is 0.333. The van der Waals surface area contributed by atoms with E-state index in [2.05, 4.69) is 29.0 Å². The molecule has 134 valence electrons. The highest BCUT2D eigenvalue weighted by molar-refractivity contribution is 6.09. The molecule has 1 unspecified atom stereocenters. The molecule has 4 rings (SSSR count). The number of carbonyl (C=O) groups is 1. The van der Waals surface area contributed by atoms with E-state index >= 15 is 0 Å². The average Bonchev–Trinajstić information content (AvgIpc) is 3.18. The number of H-pyrrole nitrogens is 1. The second-order valence-corrected chi connectivity index (χ2v) is 6.84. The highest BCUT2D eigenvalue weighted by Gasteiger charge is 2.26. The molecule has 1 aliphatic rings. The fourth-order valence-electron chi connectivity index (χ4n) is 3.91. The standard InChI is InChI=1S/C21H22N2O3/c1-4-26-21(24)19-18(15-6-5-7-22-20(15)25-3)16-10-13-8-12(2)9-14(13)11-17(16)23-19/h5-7,10-12,23H,4,8-9H2,1-3H3. The maximum absolute atomic E-state index is 12.6. The van der Waals surface area contributed by atoms with Gasteiger partial charge in [0.1, 0.15) is 5.69 Å². The van der Waals surface area contributed by atoms with Crippen LogP contribution in [-0.2, 0) is 17.6 Å². The van der Waals surface area contributed by atoms with Gasteiger partial charge in [0.2, 0.25) is 5.88 Å². The van der Waals surface area contributed by atoms with Crippen LogP contribution in [0.15, 0.2) is 30.5 Å². The van der Waals surface area contributed by atoms with E-state index in [1.165, 1.54) is 11.1 Å². The maximum Gasteiger partial charge on any atom is 0.355 e. The van der Waals surface area contributed by atoms with Crippen molar-refractivity contribution in [3.05, 3.63) is 47.3 Å². The smallest absolute Gasteiger partial charge is 0.355 e. The Hall–Kier alpha value is -2.82. The van der Waals surface area contributed by atoms with Crippen molar-refractivity contribution in [2.24, 2.45) is 5.92 Å². The maximum atomic E-state index is 12.6. The van der Waals surface area contributed by atoms with Crippen LogP contribution in [0, 0.1) is 5.92 Å². The quantitative estimate of drug-likeness (QED) is 0.718. The van der Waals surface area contributed by atoms with Crippen LogP contribution in [0.3, 0.4) is 0 Å². The van der Waals surface area contributed by atoms with Gasteiger partial charge in [0, 0.05) is 28.2 Å². The van der Waals surface area contributed by atoms with E-state index < -0.39 is 0 Å². The van der Waals surface area contributed by atoms with Gasteiger partial charge < -0.3 is 14.5 Å². The summed E-state index contributed by atoms with van der Waals surface area (Å²) in [6, 6.07) is 8.15. The molecule has 5 nitrogen and oxygen atoms in total. The summed E-state index contributed by atoms with van der Waals surface area (Å²) in [6.07, 6.45) is 3.82. The molecule has 1 atom stereocenters. The summed E-state index contributed by atoms with van der Waals surface area (Å²) in [5, 5.41) is 1.01. The zero-order valence-electron chi connectivity index (χ0n) is 15.3. The van der Waals surface area contributed by atoms with Crippen molar-refractivity contribution in [2.45, 2.75) is 26.7 Å². The Kier molecular flexibility index (Phi) is 4.15. The van der Waals surface area contributed by atoms with Crippen molar-refractivity contribution in [1.82, 2.24) is 9.97 Å². The van der Waals surface area contributed by atoms with Gasteiger partial charge in [0.15, 0.2) is 0 Å². The molecule has 1 aromatic carbocycles. The molecular weight excluding hydrogens is 328 g/mol. The summed E-state index contributed by atoms with van der Waals surface area (Å²) in [7, 11) is 1.59. The second kappa shape index (κ2) is 6.48. The van der Waals surface area contributed by atoms with E-state index in [0.717, 1.165) is 34.9 Å². The van der Waals surface area contributed by atoms with Crippen molar-refractivity contribution < 1.29 is 14.3 Å². The number of hydrogen-bond donors (Lipinski definition) is 1. The molecule has 0 fully saturated rings. The molecule has 0 amide bonds. The number of pyridine rings is 1. The van der Waals surface area contributed by atoms with Crippen LogP contribution in [0.4, 0.5) is 0 Å². The molecular formula is C21H22N2O3. The third-order valence-corrected chi connectivity index (χ3v) is 4.97. The number of nitrogens with zero attached hydrogens (tertiary/aromatic N) is 1. The molecule has 1 N–H and O–H groups in total. The lowest BCUT2D eigenvalue weighted by molar-refractivity contribution is 0.0521. The van der Waals surface area contributed by atoms with Gasteiger partial charge in [-0.2, -0.15) is 0 Å². The topological polar surface area (TPSA) is 64.2 Å². The number of aromatic nitrogens is 2. The number of rotatable bonds is 4. The zero-order valence-corrected chi connectivity index (χ0v) is 15.3. The van der Waals surface area contributed by atoms with Gasteiger partial charge in [-0.05, 0) is 61.1 Å². The van der Waals surface area contributed by atoms with E-state index in [1.54, 1.807) is 20.2 Å². The van der Waals surface area contributed by atoms with Crippen LogP contribution >= 0.6 is 0 Å². The van der Waals surface area contributed by atoms with Gasteiger partial charge in [-0.1, -0.05) is 6.92 Å². The predicted octanol–water partition coefficient (Wildman–Crippen LogP) is 4.15. The number of fused-ring (bicyclic) bond motifs is 2. The molecule has 0 aliphatic heterocycles. The molecule has 3 aromatic rings. The third-order valence-electron chi connectivity index (χ3n) is 4.97. The summed E-state index contributed by atoms with van der Waals surface area (Å²) >= 11 is 0. The number of carbonyl (C=O) groups excluding carboxylic acids is 1. The first kappa shape index (κ1) is 16.6. The first-order valence-electron chi connectivity index (χ1n) is 8.96. The Morgan fingerprint density at radius 3 is 2.81 bits per heavy atom. The first-order valence-corrected chi connectivity index (χ1v) is 8.96. The number of benzene rings is 1. The molecule has 2 heterocycles.